The Kier molecular flexibility index (Phi) is 4.71. The van der Waals surface area contributed by atoms with E-state index in [-0.39, 0.29) is 11.7 Å². The van der Waals surface area contributed by atoms with Gasteiger partial charge in [-0.1, -0.05) is 30.3 Å². The molecule has 5 nitrogen and oxygen atoms in total. The van der Waals surface area contributed by atoms with Crippen molar-refractivity contribution in [3.05, 3.63) is 83.4 Å². The van der Waals surface area contributed by atoms with Crippen LogP contribution in [-0.4, -0.2) is 16.9 Å². The van der Waals surface area contributed by atoms with Crippen LogP contribution in [0.2, 0.25) is 0 Å². The third-order valence-electron chi connectivity index (χ3n) is 4.12. The Morgan fingerprint density at radius 3 is 2.35 bits per heavy atom. The summed E-state index contributed by atoms with van der Waals surface area (Å²) in [6.07, 6.45) is 0. The fourth-order valence-corrected chi connectivity index (χ4v) is 2.68. The Balaban J connectivity index is 1.95. The molecule has 0 aliphatic carbocycles. The van der Waals surface area contributed by atoms with Gasteiger partial charge in [0.15, 0.2) is 0 Å². The fourth-order valence-electron chi connectivity index (χ4n) is 2.68. The predicted octanol–water partition coefficient (Wildman–Crippen LogP) is 3.72. The highest BCUT2D eigenvalue weighted by Gasteiger charge is 2.12. The van der Waals surface area contributed by atoms with Gasteiger partial charge in [0.05, 0.1) is 0 Å². The highest BCUT2D eigenvalue weighted by Crippen LogP contribution is 2.28. The van der Waals surface area contributed by atoms with Crippen LogP contribution in [0.4, 0.5) is 5.69 Å². The zero-order valence-corrected chi connectivity index (χ0v) is 14.2. The third kappa shape index (κ3) is 3.57. The van der Waals surface area contributed by atoms with E-state index in [0.29, 0.717) is 22.4 Å². The molecule has 0 heterocycles. The lowest BCUT2D eigenvalue weighted by atomic mass is 9.97. The van der Waals surface area contributed by atoms with Crippen LogP contribution in [-0.2, 0) is 0 Å². The minimum absolute atomic E-state index is 0.0998. The maximum atomic E-state index is 12.4. The van der Waals surface area contributed by atoms with E-state index in [1.165, 1.54) is 12.1 Å². The lowest BCUT2D eigenvalue weighted by molar-refractivity contribution is 0.0998. The summed E-state index contributed by atoms with van der Waals surface area (Å²) in [4.78, 5) is 24.1. The lowest BCUT2D eigenvalue weighted by Crippen LogP contribution is -2.13. The van der Waals surface area contributed by atoms with Gasteiger partial charge in [0, 0.05) is 16.8 Å². The van der Waals surface area contributed by atoms with Gasteiger partial charge in [-0.25, -0.2) is 0 Å². The number of carbonyl (C=O) groups is 2. The molecule has 3 aromatic carbocycles. The molecule has 0 spiro atoms. The largest absolute Gasteiger partial charge is 0.508 e. The molecule has 26 heavy (non-hydrogen) atoms. The maximum Gasteiger partial charge on any atom is 0.255 e. The summed E-state index contributed by atoms with van der Waals surface area (Å²) in [5, 5.41) is 12.2. The number of nitrogens with one attached hydrogen (secondary N) is 1. The number of phenolic OH excluding ortho intramolecular Hbond substituents is 1. The van der Waals surface area contributed by atoms with Crippen LogP contribution in [0.25, 0.3) is 11.1 Å². The quantitative estimate of drug-likeness (QED) is 0.672. The number of primary amides is 1. The number of aromatic hydroxyl groups is 1. The molecule has 0 bridgehead atoms. The van der Waals surface area contributed by atoms with Crippen molar-refractivity contribution in [3.8, 4) is 16.9 Å². The summed E-state index contributed by atoms with van der Waals surface area (Å²) in [6, 6.07) is 18.7. The van der Waals surface area contributed by atoms with E-state index < -0.39 is 5.91 Å². The van der Waals surface area contributed by atoms with Gasteiger partial charge in [-0.15, -0.1) is 0 Å². The minimum Gasteiger partial charge on any atom is -0.508 e. The SMILES string of the molecule is Cc1ccc(-c2ccccc2C(N)=O)cc1NC(=O)c1ccc(O)cc1. The number of rotatable bonds is 4. The van der Waals surface area contributed by atoms with Gasteiger partial charge in [0.2, 0.25) is 5.91 Å². The Hall–Kier alpha value is -3.60. The topological polar surface area (TPSA) is 92.4 Å². The molecule has 0 fully saturated rings. The van der Waals surface area contributed by atoms with Gasteiger partial charge < -0.3 is 16.2 Å². The number of hydrogen-bond donors (Lipinski definition) is 3. The first-order valence-corrected chi connectivity index (χ1v) is 8.06. The smallest absolute Gasteiger partial charge is 0.255 e. The monoisotopic (exact) mass is 346 g/mol. The Morgan fingerprint density at radius 2 is 1.65 bits per heavy atom. The molecule has 5 heteroatoms. The number of anilines is 1. The first-order chi connectivity index (χ1) is 12.5. The van der Waals surface area contributed by atoms with Crippen LogP contribution in [0.15, 0.2) is 66.7 Å². The van der Waals surface area contributed by atoms with Crippen LogP contribution in [0.3, 0.4) is 0 Å². The standard InChI is InChI=1S/C21H18N2O3/c1-13-6-7-15(17-4-2-3-5-18(17)20(22)25)12-19(13)23-21(26)14-8-10-16(24)11-9-14/h2-12,24H,1H3,(H2,22,25)(H,23,26). The van der Waals surface area contributed by atoms with Gasteiger partial charge in [-0.05, 0) is 60.0 Å². The van der Waals surface area contributed by atoms with Crippen LogP contribution in [0.5, 0.6) is 5.75 Å². The molecule has 3 aromatic rings. The number of benzene rings is 3. The zero-order chi connectivity index (χ0) is 18.7. The van der Waals surface area contributed by atoms with Gasteiger partial charge in [-0.3, -0.25) is 9.59 Å². The lowest BCUT2D eigenvalue weighted by Gasteiger charge is -2.12. The second-order valence-electron chi connectivity index (χ2n) is 5.94. The van der Waals surface area contributed by atoms with Crippen molar-refractivity contribution in [2.24, 2.45) is 5.73 Å². The predicted molar refractivity (Wildman–Crippen MR) is 101 cm³/mol. The molecule has 0 atom stereocenters. The molecule has 2 amide bonds. The first-order valence-electron chi connectivity index (χ1n) is 8.06. The van der Waals surface area contributed by atoms with E-state index in [9.17, 15) is 14.7 Å². The molecule has 4 N–H and O–H groups in total. The molecule has 3 rings (SSSR count). The van der Waals surface area contributed by atoms with Crippen LogP contribution >= 0.6 is 0 Å². The number of carbonyl (C=O) groups excluding carboxylic acids is 2. The highest BCUT2D eigenvalue weighted by molar-refractivity contribution is 6.05. The minimum atomic E-state index is -0.504. The number of hydrogen-bond acceptors (Lipinski definition) is 3. The van der Waals surface area contributed by atoms with E-state index in [1.54, 1.807) is 24.3 Å². The number of phenols is 1. The van der Waals surface area contributed by atoms with E-state index in [1.807, 2.05) is 37.3 Å². The van der Waals surface area contributed by atoms with Crippen LogP contribution < -0.4 is 11.1 Å². The van der Waals surface area contributed by atoms with Crippen molar-refractivity contribution < 1.29 is 14.7 Å². The first kappa shape index (κ1) is 17.2. The third-order valence-corrected chi connectivity index (χ3v) is 4.12. The molecular weight excluding hydrogens is 328 g/mol. The molecule has 0 unspecified atom stereocenters. The van der Waals surface area contributed by atoms with Crippen molar-refractivity contribution in [1.29, 1.82) is 0 Å². The summed E-state index contributed by atoms with van der Waals surface area (Å²) in [5.41, 5.74) is 9.34. The summed E-state index contributed by atoms with van der Waals surface area (Å²) in [6.45, 7) is 1.89. The zero-order valence-electron chi connectivity index (χ0n) is 14.2. The van der Waals surface area contributed by atoms with E-state index >= 15 is 0 Å². The van der Waals surface area contributed by atoms with Crippen LogP contribution in [0.1, 0.15) is 26.3 Å². The molecule has 0 saturated heterocycles. The molecule has 0 aromatic heterocycles. The van der Waals surface area contributed by atoms with Gasteiger partial charge >= 0.3 is 0 Å². The van der Waals surface area contributed by atoms with Crippen LogP contribution in [0, 0.1) is 6.92 Å². The number of nitrogens with two attached hydrogens (primary N) is 1. The normalized spacial score (nSPS) is 10.3. The number of aryl methyl sites for hydroxylation is 1. The van der Waals surface area contributed by atoms with E-state index in [4.69, 9.17) is 5.73 Å². The van der Waals surface area contributed by atoms with Crippen molar-refractivity contribution in [1.82, 2.24) is 0 Å². The second-order valence-corrected chi connectivity index (χ2v) is 5.94. The molecule has 0 aliphatic rings. The summed E-state index contributed by atoms with van der Waals surface area (Å²) in [7, 11) is 0. The number of amides is 2. The van der Waals surface area contributed by atoms with Crippen molar-refractivity contribution in [2.75, 3.05) is 5.32 Å². The van der Waals surface area contributed by atoms with Crippen molar-refractivity contribution in [2.45, 2.75) is 6.92 Å². The van der Waals surface area contributed by atoms with Gasteiger partial charge in [-0.2, -0.15) is 0 Å². The summed E-state index contributed by atoms with van der Waals surface area (Å²) >= 11 is 0. The highest BCUT2D eigenvalue weighted by atomic mass is 16.3. The molecule has 130 valence electrons. The fraction of sp³-hybridized carbons (Fsp3) is 0.0476. The second kappa shape index (κ2) is 7.11. The van der Waals surface area contributed by atoms with Gasteiger partial charge in [0.25, 0.3) is 5.91 Å². The molecular formula is C21H18N2O3. The maximum absolute atomic E-state index is 12.4. The Bertz CT molecular complexity index is 979. The summed E-state index contributed by atoms with van der Waals surface area (Å²) in [5.74, 6) is -0.688. The van der Waals surface area contributed by atoms with E-state index in [2.05, 4.69) is 5.32 Å². The Morgan fingerprint density at radius 1 is 0.962 bits per heavy atom. The Labute approximate surface area is 151 Å². The van der Waals surface area contributed by atoms with Crippen molar-refractivity contribution >= 4 is 17.5 Å². The van der Waals surface area contributed by atoms with Gasteiger partial charge in [0.1, 0.15) is 5.75 Å². The molecule has 0 radical (unpaired) electrons. The summed E-state index contributed by atoms with van der Waals surface area (Å²) < 4.78 is 0. The molecule has 0 aliphatic heterocycles. The van der Waals surface area contributed by atoms with E-state index in [0.717, 1.165) is 11.1 Å². The van der Waals surface area contributed by atoms with Crippen molar-refractivity contribution in [3.63, 3.8) is 0 Å². The average molecular weight is 346 g/mol. The molecule has 0 saturated carbocycles. The average Bonchev–Trinajstić information content (AvgIpc) is 2.64.